The number of hydrogen-bond donors (Lipinski definition) is 0. The Balaban J connectivity index is 1.89. The van der Waals surface area contributed by atoms with Gasteiger partial charge in [-0.05, 0) is 18.6 Å². The molecule has 2 aromatic carbocycles. The smallest absolute Gasteiger partial charge is 0.349 e. The van der Waals surface area contributed by atoms with Crippen LogP contribution in [0.15, 0.2) is 56.7 Å². The number of rotatable bonds is 5. The van der Waals surface area contributed by atoms with E-state index < -0.39 is 11.5 Å². The fourth-order valence-electron chi connectivity index (χ4n) is 3.28. The average Bonchev–Trinajstić information content (AvgIpc) is 3.08. The fraction of sp³-hybridized carbons (Fsp3) is 0.227. The van der Waals surface area contributed by atoms with Gasteiger partial charge in [-0.2, -0.15) is 4.99 Å². The van der Waals surface area contributed by atoms with Crippen molar-refractivity contribution < 1.29 is 18.7 Å². The molecule has 4 rings (SSSR count). The normalized spacial score (nSPS) is 11.9. The summed E-state index contributed by atoms with van der Waals surface area (Å²) in [7, 11) is 3.15. The van der Waals surface area contributed by atoms with E-state index >= 15 is 0 Å². The van der Waals surface area contributed by atoms with Crippen molar-refractivity contribution in [2.24, 2.45) is 4.99 Å². The van der Waals surface area contributed by atoms with Crippen molar-refractivity contribution in [3.05, 3.63) is 63.2 Å². The lowest BCUT2D eigenvalue weighted by Crippen LogP contribution is -2.19. The van der Waals surface area contributed by atoms with Crippen molar-refractivity contribution in [2.75, 3.05) is 14.2 Å². The Morgan fingerprint density at radius 3 is 2.60 bits per heavy atom. The first-order chi connectivity index (χ1) is 14.5. The van der Waals surface area contributed by atoms with E-state index in [0.29, 0.717) is 33.8 Å². The third kappa shape index (κ3) is 3.50. The lowest BCUT2D eigenvalue weighted by Gasteiger charge is -2.08. The van der Waals surface area contributed by atoms with Crippen molar-refractivity contribution in [3.63, 3.8) is 0 Å². The predicted molar refractivity (Wildman–Crippen MR) is 116 cm³/mol. The molecule has 0 unspecified atom stereocenters. The van der Waals surface area contributed by atoms with Gasteiger partial charge in [-0.25, -0.2) is 4.79 Å². The van der Waals surface area contributed by atoms with Crippen LogP contribution in [0, 0.1) is 0 Å². The maximum Gasteiger partial charge on any atom is 0.349 e. The molecule has 8 heteroatoms. The van der Waals surface area contributed by atoms with E-state index in [1.807, 2.05) is 29.7 Å². The average molecular weight is 424 g/mol. The molecule has 30 heavy (non-hydrogen) atoms. The summed E-state index contributed by atoms with van der Waals surface area (Å²) >= 11 is 1.35. The van der Waals surface area contributed by atoms with E-state index in [0.717, 1.165) is 16.6 Å². The Morgan fingerprint density at radius 1 is 1.13 bits per heavy atom. The summed E-state index contributed by atoms with van der Waals surface area (Å²) in [4.78, 5) is 30.0. The maximum absolute atomic E-state index is 12.9. The summed E-state index contributed by atoms with van der Waals surface area (Å²) in [5, 5.41) is 0.669. The molecule has 0 N–H and O–H groups in total. The first kappa shape index (κ1) is 19.9. The van der Waals surface area contributed by atoms with E-state index in [9.17, 15) is 9.59 Å². The zero-order chi connectivity index (χ0) is 21.3. The van der Waals surface area contributed by atoms with Gasteiger partial charge < -0.3 is 18.5 Å². The molecule has 0 atom stereocenters. The van der Waals surface area contributed by atoms with Gasteiger partial charge in [0.2, 0.25) is 0 Å². The Kier molecular flexibility index (Phi) is 5.41. The van der Waals surface area contributed by atoms with Gasteiger partial charge in [0, 0.05) is 24.1 Å². The number of aromatic nitrogens is 1. The van der Waals surface area contributed by atoms with Crippen LogP contribution < -0.4 is 19.9 Å². The number of thiazole rings is 1. The van der Waals surface area contributed by atoms with Crippen molar-refractivity contribution in [1.82, 2.24) is 4.57 Å². The summed E-state index contributed by atoms with van der Waals surface area (Å²) in [5.41, 5.74) is 0.524. The molecule has 0 aliphatic rings. The molecule has 0 fully saturated rings. The Bertz CT molecular complexity index is 1380. The minimum atomic E-state index is -0.700. The van der Waals surface area contributed by atoms with Crippen LogP contribution in [0.2, 0.25) is 0 Å². The number of aryl methyl sites for hydroxylation is 1. The van der Waals surface area contributed by atoms with Crippen LogP contribution in [-0.4, -0.2) is 24.7 Å². The molecule has 4 aromatic rings. The molecular weight excluding hydrogens is 404 g/mol. The van der Waals surface area contributed by atoms with Crippen LogP contribution in [-0.2, 0) is 6.54 Å². The summed E-state index contributed by atoms with van der Waals surface area (Å²) in [5.74, 6) is 0.563. The number of nitrogens with zero attached hydrogens (tertiary/aromatic N) is 2. The van der Waals surface area contributed by atoms with E-state index in [4.69, 9.17) is 13.9 Å². The quantitative estimate of drug-likeness (QED) is 0.453. The van der Waals surface area contributed by atoms with Crippen LogP contribution in [0.5, 0.6) is 11.5 Å². The highest BCUT2D eigenvalue weighted by Gasteiger charge is 2.16. The van der Waals surface area contributed by atoms with Crippen molar-refractivity contribution in [1.29, 1.82) is 0 Å². The number of fused-ring (bicyclic) bond motifs is 2. The molecule has 1 amide bonds. The largest absolute Gasteiger partial charge is 0.493 e. The molecule has 0 aliphatic carbocycles. The minimum absolute atomic E-state index is 0.0932. The zero-order valence-electron chi connectivity index (χ0n) is 16.8. The number of para-hydroxylation sites is 1. The highest BCUT2D eigenvalue weighted by molar-refractivity contribution is 7.16. The van der Waals surface area contributed by atoms with E-state index in [-0.39, 0.29) is 5.56 Å². The first-order valence-electron chi connectivity index (χ1n) is 9.43. The molecule has 154 valence electrons. The van der Waals surface area contributed by atoms with Gasteiger partial charge >= 0.3 is 5.63 Å². The first-order valence-corrected chi connectivity index (χ1v) is 10.2. The van der Waals surface area contributed by atoms with Gasteiger partial charge in [-0.3, -0.25) is 4.79 Å². The second-order valence-electron chi connectivity index (χ2n) is 6.61. The third-order valence-corrected chi connectivity index (χ3v) is 5.75. The Morgan fingerprint density at radius 2 is 1.87 bits per heavy atom. The second kappa shape index (κ2) is 8.16. The summed E-state index contributed by atoms with van der Waals surface area (Å²) in [6.45, 7) is 2.70. The van der Waals surface area contributed by atoms with Crippen molar-refractivity contribution in [2.45, 2.75) is 19.9 Å². The van der Waals surface area contributed by atoms with Gasteiger partial charge in [0.15, 0.2) is 16.3 Å². The maximum atomic E-state index is 12.9. The topological polar surface area (TPSA) is 83.0 Å². The number of methoxy groups -OCH3 is 2. The standard InChI is InChI=1S/C22H20N2O5S/c1-4-9-24-15-11-17(27-2)18(28-3)12-19(15)30-22(24)23-20(25)14-10-13-7-5-6-8-16(13)29-21(14)26/h5-8,10-12H,4,9H2,1-3H3. The molecule has 0 saturated heterocycles. The van der Waals surface area contributed by atoms with Crippen molar-refractivity contribution >= 4 is 38.4 Å². The Hall–Kier alpha value is -3.39. The van der Waals surface area contributed by atoms with E-state index in [2.05, 4.69) is 4.99 Å². The number of hydrogen-bond acceptors (Lipinski definition) is 6. The van der Waals surface area contributed by atoms with E-state index in [1.54, 1.807) is 32.4 Å². The number of carbonyl (C=O) groups is 1. The van der Waals surface area contributed by atoms with Crippen LogP contribution in [0.3, 0.4) is 0 Å². The lowest BCUT2D eigenvalue weighted by atomic mass is 10.2. The number of carbonyl (C=O) groups excluding carboxylic acids is 1. The van der Waals surface area contributed by atoms with Crippen LogP contribution >= 0.6 is 11.3 Å². The fourth-order valence-corrected chi connectivity index (χ4v) is 4.34. The van der Waals surface area contributed by atoms with Gasteiger partial charge in [0.05, 0.1) is 24.4 Å². The zero-order valence-corrected chi connectivity index (χ0v) is 17.6. The molecule has 0 radical (unpaired) electrons. The van der Waals surface area contributed by atoms with Gasteiger partial charge in [0.25, 0.3) is 5.91 Å². The number of benzene rings is 2. The molecule has 0 spiro atoms. The molecule has 0 bridgehead atoms. The molecule has 2 aromatic heterocycles. The van der Waals surface area contributed by atoms with Crippen molar-refractivity contribution in [3.8, 4) is 11.5 Å². The van der Waals surface area contributed by atoms with Crippen LogP contribution in [0.4, 0.5) is 0 Å². The lowest BCUT2D eigenvalue weighted by molar-refractivity contribution is 0.0994. The number of amides is 1. The number of ether oxygens (including phenoxy) is 2. The SMILES string of the molecule is CCCn1c(=NC(=O)c2cc3ccccc3oc2=O)sc2cc(OC)c(OC)cc21. The molecule has 0 saturated carbocycles. The predicted octanol–water partition coefficient (Wildman–Crippen LogP) is 3.98. The van der Waals surface area contributed by atoms with Crippen LogP contribution in [0.1, 0.15) is 23.7 Å². The third-order valence-electron chi connectivity index (χ3n) is 4.70. The molecular formula is C22H20N2O5S. The van der Waals surface area contributed by atoms with Crippen LogP contribution in [0.25, 0.3) is 21.2 Å². The highest BCUT2D eigenvalue weighted by Crippen LogP contribution is 2.33. The van der Waals surface area contributed by atoms with Gasteiger partial charge in [-0.15, -0.1) is 0 Å². The highest BCUT2D eigenvalue weighted by atomic mass is 32.1. The van der Waals surface area contributed by atoms with E-state index in [1.165, 1.54) is 17.4 Å². The second-order valence-corrected chi connectivity index (χ2v) is 7.62. The molecule has 7 nitrogen and oxygen atoms in total. The van der Waals surface area contributed by atoms with Gasteiger partial charge in [-0.1, -0.05) is 36.5 Å². The summed E-state index contributed by atoms with van der Waals surface area (Å²) in [6.07, 6.45) is 0.847. The Labute approximate surface area is 175 Å². The molecule has 0 aliphatic heterocycles. The summed E-state index contributed by atoms with van der Waals surface area (Å²) < 4.78 is 18.9. The van der Waals surface area contributed by atoms with Gasteiger partial charge in [0.1, 0.15) is 11.1 Å². The minimum Gasteiger partial charge on any atom is -0.493 e. The monoisotopic (exact) mass is 424 g/mol. The summed E-state index contributed by atoms with van der Waals surface area (Å²) in [6, 6.07) is 12.3. The molecule has 2 heterocycles.